The van der Waals surface area contributed by atoms with Crippen molar-refractivity contribution in [1.82, 2.24) is 5.32 Å². The van der Waals surface area contributed by atoms with Crippen LogP contribution in [-0.2, 0) is 14.3 Å². The molecule has 4 nitrogen and oxygen atoms in total. The maximum absolute atomic E-state index is 11.5. The molecule has 0 unspecified atom stereocenters. The summed E-state index contributed by atoms with van der Waals surface area (Å²) in [5.41, 5.74) is -0.803. The molecule has 1 N–H and O–H groups in total. The van der Waals surface area contributed by atoms with E-state index in [4.69, 9.17) is 9.47 Å². The van der Waals surface area contributed by atoms with E-state index < -0.39 is 5.60 Å². The highest BCUT2D eigenvalue weighted by Gasteiger charge is 2.38. The summed E-state index contributed by atoms with van der Waals surface area (Å²) in [4.78, 5) is 11.5. The Hall–Kier alpha value is -0.610. The third-order valence-electron chi connectivity index (χ3n) is 1.94. The van der Waals surface area contributed by atoms with Crippen LogP contribution in [0, 0.1) is 0 Å². The molecule has 0 radical (unpaired) electrons. The molecule has 1 fully saturated rings. The summed E-state index contributed by atoms with van der Waals surface area (Å²) < 4.78 is 10.5. The molecular weight excluding hydrogens is 170 g/mol. The van der Waals surface area contributed by atoms with Crippen molar-refractivity contribution in [3.05, 3.63) is 0 Å². The summed E-state index contributed by atoms with van der Waals surface area (Å²) in [5.74, 6) is -0.283. The Bertz CT molecular complexity index is 185. The summed E-state index contributed by atoms with van der Waals surface area (Å²) in [5, 5.41) is 3.10. The van der Waals surface area contributed by atoms with Crippen LogP contribution < -0.4 is 5.32 Å². The van der Waals surface area contributed by atoms with Gasteiger partial charge in [0.15, 0.2) is 5.60 Å². The van der Waals surface area contributed by atoms with Crippen LogP contribution >= 0.6 is 0 Å². The lowest BCUT2D eigenvalue weighted by Crippen LogP contribution is -2.54. The van der Waals surface area contributed by atoms with Crippen molar-refractivity contribution in [2.24, 2.45) is 0 Å². The summed E-state index contributed by atoms with van der Waals surface area (Å²) in [7, 11) is 0. The Labute approximate surface area is 78.6 Å². The van der Waals surface area contributed by atoms with E-state index in [1.807, 2.05) is 13.8 Å². The summed E-state index contributed by atoms with van der Waals surface area (Å²) >= 11 is 0. The highest BCUT2D eigenvalue weighted by molar-refractivity contribution is 5.79. The number of nitrogens with one attached hydrogen (secondary N) is 1. The monoisotopic (exact) mass is 187 g/mol. The van der Waals surface area contributed by atoms with Crippen LogP contribution in [0.3, 0.4) is 0 Å². The maximum Gasteiger partial charge on any atom is 0.339 e. The predicted molar refractivity (Wildman–Crippen MR) is 48.5 cm³/mol. The highest BCUT2D eigenvalue weighted by Crippen LogP contribution is 2.15. The van der Waals surface area contributed by atoms with Crippen molar-refractivity contribution < 1.29 is 14.3 Å². The zero-order chi connectivity index (χ0) is 9.90. The quantitative estimate of drug-likeness (QED) is 0.632. The van der Waals surface area contributed by atoms with Crippen molar-refractivity contribution >= 4 is 5.97 Å². The van der Waals surface area contributed by atoms with Gasteiger partial charge in [0, 0.05) is 13.1 Å². The molecule has 0 spiro atoms. The third-order valence-corrected chi connectivity index (χ3v) is 1.94. The molecular formula is C9H17NO3. The van der Waals surface area contributed by atoms with E-state index in [1.54, 1.807) is 6.92 Å². The lowest BCUT2D eigenvalue weighted by molar-refractivity contribution is -0.177. The number of rotatable bonds is 2. The van der Waals surface area contributed by atoms with Crippen molar-refractivity contribution in [1.29, 1.82) is 0 Å². The fourth-order valence-corrected chi connectivity index (χ4v) is 1.20. The molecule has 76 valence electrons. The van der Waals surface area contributed by atoms with Gasteiger partial charge in [0.1, 0.15) is 0 Å². The molecule has 1 heterocycles. The molecule has 0 aromatic carbocycles. The van der Waals surface area contributed by atoms with E-state index in [2.05, 4.69) is 5.32 Å². The molecule has 1 aliphatic rings. The van der Waals surface area contributed by atoms with E-state index >= 15 is 0 Å². The van der Waals surface area contributed by atoms with Gasteiger partial charge in [-0.1, -0.05) is 0 Å². The van der Waals surface area contributed by atoms with E-state index in [-0.39, 0.29) is 12.1 Å². The first-order valence-electron chi connectivity index (χ1n) is 4.60. The second kappa shape index (κ2) is 4.07. The first kappa shape index (κ1) is 10.5. The molecule has 1 aliphatic heterocycles. The smallest absolute Gasteiger partial charge is 0.339 e. The van der Waals surface area contributed by atoms with Gasteiger partial charge in [0.2, 0.25) is 0 Å². The number of ether oxygens (including phenoxy) is 2. The number of morpholine rings is 1. The van der Waals surface area contributed by atoms with Gasteiger partial charge >= 0.3 is 5.97 Å². The minimum Gasteiger partial charge on any atom is -0.461 e. The van der Waals surface area contributed by atoms with Crippen LogP contribution in [0.1, 0.15) is 20.8 Å². The van der Waals surface area contributed by atoms with Gasteiger partial charge in [-0.2, -0.15) is 0 Å². The second-order valence-electron chi connectivity index (χ2n) is 3.71. The van der Waals surface area contributed by atoms with E-state index in [9.17, 15) is 4.79 Å². The van der Waals surface area contributed by atoms with Crippen LogP contribution in [0.2, 0.25) is 0 Å². The van der Waals surface area contributed by atoms with E-state index in [1.165, 1.54) is 0 Å². The normalized spacial score (nSPS) is 28.9. The molecule has 0 saturated carbocycles. The molecule has 0 amide bonds. The van der Waals surface area contributed by atoms with Crippen molar-refractivity contribution in [3.8, 4) is 0 Å². The largest absolute Gasteiger partial charge is 0.461 e. The lowest BCUT2D eigenvalue weighted by atomic mass is 10.1. The zero-order valence-corrected chi connectivity index (χ0v) is 8.42. The third kappa shape index (κ3) is 2.67. The van der Waals surface area contributed by atoms with Crippen LogP contribution in [0.25, 0.3) is 0 Å². The summed E-state index contributed by atoms with van der Waals surface area (Å²) in [6.45, 7) is 7.30. The van der Waals surface area contributed by atoms with Gasteiger partial charge in [-0.15, -0.1) is 0 Å². The number of carbonyl (C=O) groups is 1. The predicted octanol–water partition coefficient (Wildman–Crippen LogP) is 0.317. The fraction of sp³-hybridized carbons (Fsp3) is 0.889. The lowest BCUT2D eigenvalue weighted by Gasteiger charge is -2.32. The Morgan fingerprint density at radius 1 is 1.62 bits per heavy atom. The number of hydrogen-bond donors (Lipinski definition) is 1. The van der Waals surface area contributed by atoms with Gasteiger partial charge < -0.3 is 14.8 Å². The molecule has 0 aliphatic carbocycles. The first-order valence-corrected chi connectivity index (χ1v) is 4.60. The van der Waals surface area contributed by atoms with Crippen molar-refractivity contribution in [2.45, 2.75) is 32.5 Å². The minimum absolute atomic E-state index is 0.0881. The van der Waals surface area contributed by atoms with Gasteiger partial charge in [-0.3, -0.25) is 0 Å². The highest BCUT2D eigenvalue weighted by atomic mass is 16.6. The molecule has 1 rings (SSSR count). The average Bonchev–Trinajstić information content (AvgIpc) is 2.04. The molecule has 4 heteroatoms. The van der Waals surface area contributed by atoms with Crippen molar-refractivity contribution in [2.75, 3.05) is 19.7 Å². The summed E-state index contributed by atoms with van der Waals surface area (Å²) in [6.07, 6.45) is -0.0881. The molecule has 0 aromatic rings. The van der Waals surface area contributed by atoms with Crippen molar-refractivity contribution in [3.63, 3.8) is 0 Å². The second-order valence-corrected chi connectivity index (χ2v) is 3.71. The van der Waals surface area contributed by atoms with Gasteiger partial charge in [0.25, 0.3) is 0 Å². The van der Waals surface area contributed by atoms with Gasteiger partial charge in [-0.25, -0.2) is 4.79 Å². The maximum atomic E-state index is 11.5. The average molecular weight is 187 g/mol. The Balaban J connectivity index is 2.51. The fourth-order valence-electron chi connectivity index (χ4n) is 1.20. The Kier molecular flexibility index (Phi) is 3.27. The number of carbonyl (C=O) groups excluding carboxylic acids is 1. The summed E-state index contributed by atoms with van der Waals surface area (Å²) in [6, 6.07) is 0. The van der Waals surface area contributed by atoms with Crippen LogP contribution in [0.5, 0.6) is 0 Å². The number of esters is 1. The van der Waals surface area contributed by atoms with Crippen LogP contribution in [0.4, 0.5) is 0 Å². The Morgan fingerprint density at radius 2 is 2.31 bits per heavy atom. The molecule has 1 atom stereocenters. The topological polar surface area (TPSA) is 47.6 Å². The van der Waals surface area contributed by atoms with Crippen LogP contribution in [-0.4, -0.2) is 37.4 Å². The van der Waals surface area contributed by atoms with E-state index in [0.29, 0.717) is 13.2 Å². The standard InChI is InChI=1S/C9H17NO3/c1-7(2)13-8(11)9(3)6-10-4-5-12-9/h7,10H,4-6H2,1-3H3/t9-/m1/s1. The molecule has 0 bridgehead atoms. The van der Waals surface area contributed by atoms with Crippen LogP contribution in [0.15, 0.2) is 0 Å². The van der Waals surface area contributed by atoms with Gasteiger partial charge in [-0.05, 0) is 20.8 Å². The zero-order valence-electron chi connectivity index (χ0n) is 8.42. The Morgan fingerprint density at radius 3 is 2.77 bits per heavy atom. The van der Waals surface area contributed by atoms with E-state index in [0.717, 1.165) is 6.54 Å². The SMILES string of the molecule is CC(C)OC(=O)[C@@]1(C)CNCCO1. The molecule has 13 heavy (non-hydrogen) atoms. The van der Waals surface area contributed by atoms with Gasteiger partial charge in [0.05, 0.1) is 12.7 Å². The first-order chi connectivity index (χ1) is 6.04. The molecule has 0 aromatic heterocycles. The minimum atomic E-state index is -0.803. The number of hydrogen-bond acceptors (Lipinski definition) is 4. The molecule has 1 saturated heterocycles.